The molecule has 27 heavy (non-hydrogen) atoms. The quantitative estimate of drug-likeness (QED) is 0.788. The van der Waals surface area contributed by atoms with Gasteiger partial charge in [-0.15, -0.1) is 0 Å². The third-order valence-electron chi connectivity index (χ3n) is 5.92. The number of thioether (sulfide) groups is 1. The molecule has 2 fully saturated rings. The van der Waals surface area contributed by atoms with Crippen LogP contribution in [-0.2, 0) is 4.79 Å². The largest absolute Gasteiger partial charge is 0.497 e. The first-order valence-corrected chi connectivity index (χ1v) is 10.6. The average molecular weight is 384 g/mol. The number of benzene rings is 1. The first kappa shape index (κ1) is 18.4. The topological polar surface area (TPSA) is 56.6 Å². The van der Waals surface area contributed by atoms with Gasteiger partial charge in [-0.25, -0.2) is 0 Å². The summed E-state index contributed by atoms with van der Waals surface area (Å²) in [5, 5.41) is 10.7. The maximum absolute atomic E-state index is 12.9. The Bertz CT molecular complexity index is 778. The molecular weight excluding hydrogens is 358 g/mol. The lowest BCUT2D eigenvalue weighted by atomic mass is 9.86. The highest BCUT2D eigenvalue weighted by Gasteiger charge is 2.39. The first-order chi connectivity index (χ1) is 13.2. The van der Waals surface area contributed by atoms with Crippen molar-refractivity contribution in [3.05, 3.63) is 40.4 Å². The molecule has 4 rings (SSSR count). The molecule has 0 aromatic heterocycles. The molecule has 2 heterocycles. The van der Waals surface area contributed by atoms with Crippen molar-refractivity contribution in [2.24, 2.45) is 0 Å². The van der Waals surface area contributed by atoms with Crippen molar-refractivity contribution in [1.82, 2.24) is 9.80 Å². The van der Waals surface area contributed by atoms with Crippen molar-refractivity contribution in [1.29, 1.82) is 5.26 Å². The maximum Gasteiger partial charge on any atom is 0.229 e. The van der Waals surface area contributed by atoms with E-state index in [1.54, 1.807) is 18.9 Å². The average Bonchev–Trinajstić information content (AvgIpc) is 2.74. The Morgan fingerprint density at radius 3 is 2.59 bits per heavy atom. The van der Waals surface area contributed by atoms with E-state index in [2.05, 4.69) is 11.0 Å². The van der Waals surface area contributed by atoms with E-state index in [-0.39, 0.29) is 11.8 Å². The van der Waals surface area contributed by atoms with Gasteiger partial charge in [0.05, 0.1) is 36.3 Å². The van der Waals surface area contributed by atoms with Crippen LogP contribution >= 0.6 is 11.8 Å². The van der Waals surface area contributed by atoms with Crippen molar-refractivity contribution < 1.29 is 9.53 Å². The molecule has 1 aromatic rings. The summed E-state index contributed by atoms with van der Waals surface area (Å²) in [6.07, 6.45) is 6.70. The van der Waals surface area contributed by atoms with Gasteiger partial charge in [0.1, 0.15) is 5.75 Å². The Balaban J connectivity index is 1.59. The number of carbonyl (C=O) groups is 1. The van der Waals surface area contributed by atoms with E-state index in [9.17, 15) is 10.1 Å². The maximum atomic E-state index is 12.9. The fraction of sp³-hybridized carbons (Fsp3) is 0.524. The second-order valence-electron chi connectivity index (χ2n) is 7.48. The number of nitrogens with zero attached hydrogens (tertiary/aromatic N) is 3. The number of ether oxygens (including phenoxy) is 1. The van der Waals surface area contributed by atoms with E-state index in [1.807, 2.05) is 29.2 Å². The molecule has 0 N–H and O–H groups in total. The number of amides is 1. The van der Waals surface area contributed by atoms with Gasteiger partial charge < -0.3 is 4.74 Å². The summed E-state index contributed by atoms with van der Waals surface area (Å²) in [5.74, 6) is 1.61. The van der Waals surface area contributed by atoms with Crippen LogP contribution in [0.4, 0.5) is 0 Å². The fourth-order valence-corrected chi connectivity index (χ4v) is 5.61. The number of hydrogen-bond donors (Lipinski definition) is 0. The van der Waals surface area contributed by atoms with Crippen LogP contribution in [0.1, 0.15) is 50.0 Å². The predicted octanol–water partition coefficient (Wildman–Crippen LogP) is 4.04. The first-order valence-electron chi connectivity index (χ1n) is 9.66. The highest BCUT2D eigenvalue weighted by molar-refractivity contribution is 8.03. The highest BCUT2D eigenvalue weighted by Crippen LogP contribution is 2.43. The van der Waals surface area contributed by atoms with Crippen LogP contribution in [0.3, 0.4) is 0 Å². The number of methoxy groups -OCH3 is 1. The minimum absolute atomic E-state index is 0.123. The van der Waals surface area contributed by atoms with Gasteiger partial charge in [0, 0.05) is 18.4 Å². The lowest BCUT2D eigenvalue weighted by molar-refractivity contribution is -0.132. The zero-order valence-electron chi connectivity index (χ0n) is 15.7. The number of allylic oxidation sites excluding steroid dienone is 1. The van der Waals surface area contributed by atoms with Gasteiger partial charge in [0.15, 0.2) is 0 Å². The molecular formula is C21H25N3O2S. The molecule has 142 valence electrons. The summed E-state index contributed by atoms with van der Waals surface area (Å²) in [6, 6.07) is 10.7. The molecule has 0 unspecified atom stereocenters. The highest BCUT2D eigenvalue weighted by atomic mass is 32.2. The Labute approximate surface area is 165 Å². The van der Waals surface area contributed by atoms with E-state index in [0.717, 1.165) is 27.8 Å². The molecule has 3 aliphatic rings. The number of nitriles is 1. The molecule has 1 atom stereocenters. The minimum Gasteiger partial charge on any atom is -0.497 e. The van der Waals surface area contributed by atoms with E-state index in [0.29, 0.717) is 19.1 Å². The van der Waals surface area contributed by atoms with E-state index in [1.165, 1.54) is 32.1 Å². The predicted molar refractivity (Wildman–Crippen MR) is 106 cm³/mol. The van der Waals surface area contributed by atoms with Gasteiger partial charge in [-0.05, 0) is 30.5 Å². The number of fused-ring (bicyclic) bond motifs is 1. The van der Waals surface area contributed by atoms with Crippen LogP contribution in [0.5, 0.6) is 5.75 Å². The minimum atomic E-state index is -0.159. The molecule has 1 saturated heterocycles. The van der Waals surface area contributed by atoms with Crippen molar-refractivity contribution in [2.45, 2.75) is 50.5 Å². The van der Waals surface area contributed by atoms with E-state index in [4.69, 9.17) is 4.74 Å². The van der Waals surface area contributed by atoms with Crippen molar-refractivity contribution in [2.75, 3.05) is 19.7 Å². The fourth-order valence-electron chi connectivity index (χ4n) is 4.37. The zero-order valence-corrected chi connectivity index (χ0v) is 16.5. The second kappa shape index (κ2) is 7.95. The lowest BCUT2D eigenvalue weighted by Gasteiger charge is -2.44. The molecule has 1 saturated carbocycles. The van der Waals surface area contributed by atoms with Gasteiger partial charge >= 0.3 is 0 Å². The van der Waals surface area contributed by atoms with Gasteiger partial charge in [-0.1, -0.05) is 43.2 Å². The summed E-state index contributed by atoms with van der Waals surface area (Å²) in [6.45, 7) is 0.631. The summed E-state index contributed by atoms with van der Waals surface area (Å²) in [7, 11) is 1.64. The summed E-state index contributed by atoms with van der Waals surface area (Å²) in [5.41, 5.74) is 1.73. The molecule has 0 radical (unpaired) electrons. The van der Waals surface area contributed by atoms with Crippen LogP contribution in [0.15, 0.2) is 34.9 Å². The summed E-state index contributed by atoms with van der Waals surface area (Å²) < 4.78 is 5.22. The molecule has 2 aliphatic heterocycles. The standard InChI is InChI=1S/C21H25N3O2S/c1-26-17-9-7-15(8-10-17)18-11-20(25)24-13-23(16-5-3-2-4-6-16)14-27-21(24)19(18)12-22/h7-10,16,18H,2-6,11,13-14H2,1H3/t18-/m1/s1. The van der Waals surface area contributed by atoms with E-state index >= 15 is 0 Å². The van der Waals surface area contributed by atoms with Crippen LogP contribution in [0.2, 0.25) is 0 Å². The molecule has 1 aliphatic carbocycles. The Hall–Kier alpha value is -1.97. The normalized spacial score (nSPS) is 24.5. The molecule has 1 amide bonds. The van der Waals surface area contributed by atoms with Crippen molar-refractivity contribution in [3.63, 3.8) is 0 Å². The monoisotopic (exact) mass is 383 g/mol. The van der Waals surface area contributed by atoms with Crippen LogP contribution in [-0.4, -0.2) is 41.4 Å². The van der Waals surface area contributed by atoms with Crippen LogP contribution in [0, 0.1) is 11.3 Å². The Morgan fingerprint density at radius 1 is 1.19 bits per heavy atom. The van der Waals surface area contributed by atoms with Crippen molar-refractivity contribution in [3.8, 4) is 11.8 Å². The Kier molecular flexibility index (Phi) is 5.42. The van der Waals surface area contributed by atoms with E-state index < -0.39 is 0 Å². The number of carbonyl (C=O) groups excluding carboxylic acids is 1. The van der Waals surface area contributed by atoms with Gasteiger partial charge in [0.25, 0.3) is 0 Å². The molecule has 0 bridgehead atoms. The summed E-state index contributed by atoms with van der Waals surface area (Å²) >= 11 is 1.65. The number of rotatable bonds is 3. The summed E-state index contributed by atoms with van der Waals surface area (Å²) in [4.78, 5) is 17.2. The zero-order chi connectivity index (χ0) is 18.8. The lowest BCUT2D eigenvalue weighted by Crippen LogP contribution is -2.51. The van der Waals surface area contributed by atoms with Gasteiger partial charge in [-0.3, -0.25) is 14.6 Å². The Morgan fingerprint density at radius 2 is 1.93 bits per heavy atom. The second-order valence-corrected chi connectivity index (χ2v) is 8.41. The van der Waals surface area contributed by atoms with Crippen LogP contribution in [0.25, 0.3) is 0 Å². The smallest absolute Gasteiger partial charge is 0.229 e. The van der Waals surface area contributed by atoms with Gasteiger partial charge in [0.2, 0.25) is 5.91 Å². The molecule has 5 nitrogen and oxygen atoms in total. The third-order valence-corrected chi connectivity index (χ3v) is 7.10. The number of hydrogen-bond acceptors (Lipinski definition) is 5. The third kappa shape index (κ3) is 3.59. The molecule has 6 heteroatoms. The van der Waals surface area contributed by atoms with Gasteiger partial charge in [-0.2, -0.15) is 5.26 Å². The molecule has 1 aromatic carbocycles. The molecule has 0 spiro atoms. The SMILES string of the molecule is COc1ccc([C@H]2CC(=O)N3CN(C4CCCCC4)CSC3=C2C#N)cc1. The van der Waals surface area contributed by atoms with Crippen LogP contribution < -0.4 is 4.74 Å². The van der Waals surface area contributed by atoms with Crippen molar-refractivity contribution >= 4 is 17.7 Å².